The summed E-state index contributed by atoms with van der Waals surface area (Å²) >= 11 is 15.2. The van der Waals surface area contributed by atoms with Crippen LogP contribution in [0.1, 0.15) is 34.2 Å². The highest BCUT2D eigenvalue weighted by Gasteiger charge is 2.27. The van der Waals surface area contributed by atoms with Crippen LogP contribution >= 0.6 is 46.3 Å². The molecule has 0 saturated heterocycles. The predicted molar refractivity (Wildman–Crippen MR) is 139 cm³/mol. The first-order valence-electron chi connectivity index (χ1n) is 10.3. The third-order valence-electron chi connectivity index (χ3n) is 5.18. The molecule has 0 unspecified atom stereocenters. The Hall–Kier alpha value is -2.92. The van der Waals surface area contributed by atoms with E-state index in [0.717, 1.165) is 15.5 Å². The molecule has 0 amide bonds. The number of thiazole rings is 1. The number of para-hydroxylation sites is 1. The van der Waals surface area contributed by atoms with Gasteiger partial charge in [0.05, 0.1) is 30.6 Å². The summed E-state index contributed by atoms with van der Waals surface area (Å²) in [4.78, 5) is 28.1. The Morgan fingerprint density at radius 2 is 1.97 bits per heavy atom. The molecule has 0 saturated carbocycles. The van der Waals surface area contributed by atoms with Gasteiger partial charge in [0, 0.05) is 29.2 Å². The van der Waals surface area contributed by atoms with Crippen molar-refractivity contribution in [2.75, 3.05) is 5.75 Å². The quantitative estimate of drug-likeness (QED) is 0.144. The maximum absolute atomic E-state index is 12.4. The van der Waals surface area contributed by atoms with Crippen molar-refractivity contribution < 1.29 is 14.8 Å². The molecule has 35 heavy (non-hydrogen) atoms. The van der Waals surface area contributed by atoms with Crippen LogP contribution in [0.3, 0.4) is 0 Å². The molecule has 0 bridgehead atoms. The number of rotatable bonds is 8. The van der Waals surface area contributed by atoms with Crippen LogP contribution < -0.4 is 0 Å². The number of carbonyl (C=O) groups is 1. The van der Waals surface area contributed by atoms with E-state index in [1.807, 2.05) is 6.92 Å². The molecule has 0 aliphatic rings. The Balaban J connectivity index is 1.85. The van der Waals surface area contributed by atoms with Crippen molar-refractivity contribution in [1.29, 1.82) is 0 Å². The highest BCUT2D eigenvalue weighted by molar-refractivity contribution is 8.01. The molecule has 0 atom stereocenters. The first kappa shape index (κ1) is 25.2. The molecule has 1 N–H and O–H groups in total. The number of aryl methyl sites for hydroxylation is 1. The van der Waals surface area contributed by atoms with Crippen LogP contribution in [0, 0.1) is 17.0 Å². The first-order valence-corrected chi connectivity index (χ1v) is 12.9. The lowest BCUT2D eigenvalue weighted by Crippen LogP contribution is -2.10. The summed E-state index contributed by atoms with van der Waals surface area (Å²) < 4.78 is 2.18. The number of aromatic nitrogens is 3. The topological polar surface area (TPSA) is 111 Å². The predicted octanol–water partition coefficient (Wildman–Crippen LogP) is 6.92. The molecule has 0 spiro atoms. The summed E-state index contributed by atoms with van der Waals surface area (Å²) in [5.41, 5.74) is 2.50. The number of nitro groups is 1. The number of nitrogens with zero attached hydrogens (tertiary/aromatic N) is 4. The standard InChI is InChI=1S/C23H18Cl2N4O4S2/c1-3-34-22-19(14-8-9-16(24)17(25)11-14)26-23(35-22)28-20(21(30)31)15(12(2)27-28)10-13-6-4-5-7-18(13)29(32)33/h4-9,11H,3,10H2,1-2H3,(H,30,31). The fourth-order valence-corrected chi connectivity index (χ4v) is 6.05. The molecule has 2 heterocycles. The van der Waals surface area contributed by atoms with Gasteiger partial charge in [0.15, 0.2) is 5.69 Å². The van der Waals surface area contributed by atoms with E-state index >= 15 is 0 Å². The van der Waals surface area contributed by atoms with E-state index < -0.39 is 10.9 Å². The lowest BCUT2D eigenvalue weighted by atomic mass is 10.0. The number of benzene rings is 2. The maximum Gasteiger partial charge on any atom is 0.355 e. The molecule has 2 aromatic heterocycles. The van der Waals surface area contributed by atoms with Crippen LogP contribution in [0.4, 0.5) is 5.69 Å². The molecule has 0 fully saturated rings. The van der Waals surface area contributed by atoms with Gasteiger partial charge in [-0.15, -0.1) is 11.8 Å². The molecule has 0 radical (unpaired) electrons. The summed E-state index contributed by atoms with van der Waals surface area (Å²) in [5, 5.41) is 27.2. The van der Waals surface area contributed by atoms with Gasteiger partial charge in [-0.05, 0) is 24.8 Å². The van der Waals surface area contributed by atoms with Crippen molar-refractivity contribution >= 4 is 58.0 Å². The second-order valence-corrected chi connectivity index (χ2v) is 10.7. The normalized spacial score (nSPS) is 11.1. The van der Waals surface area contributed by atoms with Crippen molar-refractivity contribution in [2.45, 2.75) is 24.5 Å². The summed E-state index contributed by atoms with van der Waals surface area (Å²) in [5.74, 6) is -0.418. The number of hydrogen-bond acceptors (Lipinski definition) is 7. The average molecular weight is 549 g/mol. The van der Waals surface area contributed by atoms with Gasteiger partial charge in [0.2, 0.25) is 5.13 Å². The van der Waals surface area contributed by atoms with Crippen molar-refractivity contribution in [3.63, 3.8) is 0 Å². The van der Waals surface area contributed by atoms with E-state index in [4.69, 9.17) is 28.2 Å². The molecule has 0 aliphatic heterocycles. The zero-order valence-electron chi connectivity index (χ0n) is 18.5. The van der Waals surface area contributed by atoms with E-state index in [2.05, 4.69) is 5.10 Å². The van der Waals surface area contributed by atoms with Crippen molar-refractivity contribution in [1.82, 2.24) is 14.8 Å². The van der Waals surface area contributed by atoms with Crippen LogP contribution in [0.2, 0.25) is 10.0 Å². The number of carboxylic acids is 1. The number of thioether (sulfide) groups is 1. The Bertz CT molecular complexity index is 1450. The number of halogens is 2. The summed E-state index contributed by atoms with van der Waals surface area (Å²) in [6.45, 7) is 3.69. The lowest BCUT2D eigenvalue weighted by Gasteiger charge is -2.05. The van der Waals surface area contributed by atoms with Gasteiger partial charge in [-0.1, -0.05) is 65.7 Å². The van der Waals surface area contributed by atoms with Crippen LogP contribution in [0.15, 0.2) is 46.7 Å². The molecule has 4 aromatic rings. The van der Waals surface area contributed by atoms with E-state index in [9.17, 15) is 20.0 Å². The minimum absolute atomic E-state index is 0.0478. The number of aromatic carboxylic acids is 1. The Morgan fingerprint density at radius 3 is 2.63 bits per heavy atom. The SMILES string of the molecule is CCSc1sc(-n2nc(C)c(Cc3ccccc3[N+](=O)[O-])c2C(=O)O)nc1-c1ccc(Cl)c(Cl)c1. The van der Waals surface area contributed by atoms with Crippen molar-refractivity contribution in [3.05, 3.63) is 85.1 Å². The number of carboxylic acid groups (broad SMARTS) is 1. The average Bonchev–Trinajstić information content (AvgIpc) is 3.37. The first-order chi connectivity index (χ1) is 16.7. The monoisotopic (exact) mass is 548 g/mol. The molecular weight excluding hydrogens is 531 g/mol. The number of hydrogen-bond donors (Lipinski definition) is 1. The highest BCUT2D eigenvalue weighted by Crippen LogP contribution is 2.40. The van der Waals surface area contributed by atoms with Gasteiger partial charge in [-0.25, -0.2) is 9.78 Å². The number of nitro benzene ring substituents is 1. The van der Waals surface area contributed by atoms with E-state index in [-0.39, 0.29) is 17.8 Å². The fourth-order valence-electron chi connectivity index (χ4n) is 3.60. The Kier molecular flexibility index (Phi) is 7.46. The molecular formula is C23H18Cl2N4O4S2. The minimum Gasteiger partial charge on any atom is -0.476 e. The van der Waals surface area contributed by atoms with Crippen LogP contribution in [-0.4, -0.2) is 36.5 Å². The lowest BCUT2D eigenvalue weighted by molar-refractivity contribution is -0.385. The summed E-state index contributed by atoms with van der Waals surface area (Å²) in [6.07, 6.45) is 0.0478. The second kappa shape index (κ2) is 10.4. The van der Waals surface area contributed by atoms with E-state index in [1.54, 1.807) is 55.1 Å². The van der Waals surface area contributed by atoms with Crippen LogP contribution in [0.5, 0.6) is 0 Å². The van der Waals surface area contributed by atoms with Gasteiger partial charge >= 0.3 is 5.97 Å². The molecule has 8 nitrogen and oxygen atoms in total. The minimum atomic E-state index is -1.20. The van der Waals surface area contributed by atoms with Gasteiger partial charge in [-0.3, -0.25) is 10.1 Å². The van der Waals surface area contributed by atoms with E-state index in [0.29, 0.717) is 37.7 Å². The van der Waals surface area contributed by atoms with Gasteiger partial charge in [-0.2, -0.15) is 9.78 Å². The molecule has 180 valence electrons. The summed E-state index contributed by atoms with van der Waals surface area (Å²) in [6, 6.07) is 11.5. The van der Waals surface area contributed by atoms with Gasteiger partial charge in [0.25, 0.3) is 5.69 Å². The second-order valence-electron chi connectivity index (χ2n) is 7.39. The van der Waals surface area contributed by atoms with Crippen molar-refractivity contribution in [3.8, 4) is 16.4 Å². The molecule has 12 heteroatoms. The summed E-state index contributed by atoms with van der Waals surface area (Å²) in [7, 11) is 0. The van der Waals surface area contributed by atoms with Crippen LogP contribution in [-0.2, 0) is 6.42 Å². The largest absolute Gasteiger partial charge is 0.476 e. The zero-order chi connectivity index (χ0) is 25.3. The molecule has 0 aliphatic carbocycles. The smallest absolute Gasteiger partial charge is 0.355 e. The Morgan fingerprint density at radius 1 is 1.23 bits per heavy atom. The molecule has 4 rings (SSSR count). The van der Waals surface area contributed by atoms with Crippen LogP contribution in [0.25, 0.3) is 16.4 Å². The maximum atomic E-state index is 12.4. The fraction of sp³-hybridized carbons (Fsp3) is 0.174. The van der Waals surface area contributed by atoms with Crippen molar-refractivity contribution in [2.24, 2.45) is 0 Å². The van der Waals surface area contributed by atoms with Gasteiger partial charge < -0.3 is 5.11 Å². The van der Waals surface area contributed by atoms with E-state index in [1.165, 1.54) is 22.1 Å². The highest BCUT2D eigenvalue weighted by atomic mass is 35.5. The third-order valence-corrected chi connectivity index (χ3v) is 8.09. The van der Waals surface area contributed by atoms with Gasteiger partial charge in [0.1, 0.15) is 0 Å². The third kappa shape index (κ3) is 5.06. The molecule has 2 aromatic carbocycles. The zero-order valence-corrected chi connectivity index (χ0v) is 21.6. The Labute approximate surface area is 218 Å².